The molecule has 2 atom stereocenters. The van der Waals surface area contributed by atoms with E-state index in [0.29, 0.717) is 24.1 Å². The second-order valence-electron chi connectivity index (χ2n) is 19.2. The number of ether oxygens (including phenoxy) is 2. The summed E-state index contributed by atoms with van der Waals surface area (Å²) in [6.07, 6.45) is 62.6. The van der Waals surface area contributed by atoms with E-state index in [9.17, 15) is 14.3 Å². The maximum atomic E-state index is 12.7. The number of likely N-dealkylation sites (N-methyl/N-ethyl adjacent to an activating group) is 1. The Morgan fingerprint density at radius 3 is 1.32 bits per heavy atom. The summed E-state index contributed by atoms with van der Waals surface area (Å²) in [5.74, 6) is -0.362. The van der Waals surface area contributed by atoms with Crippen LogP contribution in [0.25, 0.3) is 0 Å². The highest BCUT2D eigenvalue weighted by Crippen LogP contribution is 2.38. The molecule has 0 aliphatic carbocycles. The monoisotopic (exact) mass is 934 g/mol. The van der Waals surface area contributed by atoms with Crippen LogP contribution >= 0.6 is 7.82 Å². The van der Waals surface area contributed by atoms with Crippen LogP contribution in [0, 0.1) is 0 Å². The highest BCUT2D eigenvalue weighted by molar-refractivity contribution is 7.45. The molecule has 0 aliphatic rings. The van der Waals surface area contributed by atoms with Crippen molar-refractivity contribution in [2.24, 2.45) is 0 Å². The van der Waals surface area contributed by atoms with Crippen LogP contribution < -0.4 is 4.89 Å². The minimum absolute atomic E-state index is 0.0183. The van der Waals surface area contributed by atoms with Gasteiger partial charge in [0.1, 0.15) is 19.3 Å². The van der Waals surface area contributed by atoms with E-state index in [1.165, 1.54) is 141 Å². The normalized spacial score (nSPS) is 14.0. The smallest absolute Gasteiger partial charge is 0.306 e. The molecule has 8 nitrogen and oxygen atoms in total. The lowest BCUT2D eigenvalue weighted by Gasteiger charge is -2.28. The topological polar surface area (TPSA) is 94.1 Å². The fourth-order valence-corrected chi connectivity index (χ4v) is 8.19. The van der Waals surface area contributed by atoms with Crippen molar-refractivity contribution in [3.05, 3.63) is 60.8 Å². The minimum atomic E-state index is -4.54. The van der Waals surface area contributed by atoms with Crippen LogP contribution in [0.5, 0.6) is 0 Å². The summed E-state index contributed by atoms with van der Waals surface area (Å²) in [5, 5.41) is 0. The maximum Gasteiger partial charge on any atom is 0.306 e. The molecular formula is C56H104NO7P. The van der Waals surface area contributed by atoms with Crippen LogP contribution in [0.15, 0.2) is 60.8 Å². The fraction of sp³-hybridized carbons (Fsp3) is 0.804. The van der Waals surface area contributed by atoms with Crippen LogP contribution in [-0.2, 0) is 27.9 Å². The zero-order valence-electron chi connectivity index (χ0n) is 43.2. The number of hydrogen-bond donors (Lipinski definition) is 0. The average Bonchev–Trinajstić information content (AvgIpc) is 3.27. The average molecular weight is 934 g/mol. The van der Waals surface area contributed by atoms with Gasteiger partial charge < -0.3 is 27.9 Å². The molecule has 0 spiro atoms. The zero-order chi connectivity index (χ0) is 47.6. The molecule has 0 radical (unpaired) electrons. The largest absolute Gasteiger partial charge is 0.756 e. The first kappa shape index (κ1) is 63.2. The van der Waals surface area contributed by atoms with Crippen molar-refractivity contribution < 1.29 is 37.3 Å². The van der Waals surface area contributed by atoms with Gasteiger partial charge >= 0.3 is 5.97 Å². The molecule has 0 saturated heterocycles. The number of rotatable bonds is 50. The summed E-state index contributed by atoms with van der Waals surface area (Å²) < 4.78 is 34.7. The standard InChI is InChI=1S/C56H104NO7P/c1-6-8-10-12-14-16-18-20-22-24-26-27-28-29-30-32-34-36-38-40-42-44-46-48-51-61-53-55(54-63-65(59,60)62-52-50-57(3,4)5)64-56(58)49-47-45-43-41-39-37-35-33-31-25-23-21-19-17-15-13-11-9-7-2/h9,11,15,17,21,23,31,33,37,39,55H,6-8,10,12-14,16,18-20,22,24-30,32,34-36,38,40-54H2,1-5H3/b11-9-,17-15-,23-21-,33-31-,39-37-. The Morgan fingerprint density at radius 2 is 0.892 bits per heavy atom. The van der Waals surface area contributed by atoms with Crippen molar-refractivity contribution in [2.75, 3.05) is 54.1 Å². The Morgan fingerprint density at radius 1 is 0.492 bits per heavy atom. The molecule has 0 aromatic heterocycles. The molecule has 0 aromatic rings. The summed E-state index contributed by atoms with van der Waals surface area (Å²) in [4.78, 5) is 25.2. The van der Waals surface area contributed by atoms with Gasteiger partial charge in [-0.1, -0.05) is 229 Å². The molecule has 9 heteroatoms. The summed E-state index contributed by atoms with van der Waals surface area (Å²) in [6, 6.07) is 0. The summed E-state index contributed by atoms with van der Waals surface area (Å²) in [5.41, 5.74) is 0. The number of quaternary nitrogens is 1. The molecule has 0 bridgehead atoms. The number of esters is 1. The fourth-order valence-electron chi connectivity index (χ4n) is 7.46. The van der Waals surface area contributed by atoms with E-state index in [0.717, 1.165) is 64.2 Å². The van der Waals surface area contributed by atoms with E-state index in [-0.39, 0.29) is 32.2 Å². The first-order valence-corrected chi connectivity index (χ1v) is 28.5. The van der Waals surface area contributed by atoms with Gasteiger partial charge in [0, 0.05) is 13.0 Å². The molecule has 380 valence electrons. The van der Waals surface area contributed by atoms with Crippen molar-refractivity contribution in [1.29, 1.82) is 0 Å². The Labute approximate surface area is 402 Å². The number of carbonyl (C=O) groups excluding carboxylic acids is 1. The molecule has 0 heterocycles. The number of nitrogens with zero attached hydrogens (tertiary/aromatic N) is 1. The molecule has 0 rings (SSSR count). The van der Waals surface area contributed by atoms with Crippen LogP contribution in [0.2, 0.25) is 0 Å². The maximum absolute atomic E-state index is 12.7. The van der Waals surface area contributed by atoms with Gasteiger partial charge in [0.05, 0.1) is 34.4 Å². The highest BCUT2D eigenvalue weighted by atomic mass is 31.2. The number of unbranched alkanes of at least 4 members (excludes halogenated alkanes) is 26. The van der Waals surface area contributed by atoms with Gasteiger partial charge in [-0.15, -0.1) is 0 Å². The summed E-state index contributed by atoms with van der Waals surface area (Å²) in [7, 11) is 1.33. The molecular weight excluding hydrogens is 830 g/mol. The number of allylic oxidation sites excluding steroid dienone is 10. The predicted molar refractivity (Wildman–Crippen MR) is 277 cm³/mol. The molecule has 0 fully saturated rings. The zero-order valence-corrected chi connectivity index (χ0v) is 44.1. The van der Waals surface area contributed by atoms with E-state index in [2.05, 4.69) is 74.6 Å². The molecule has 65 heavy (non-hydrogen) atoms. The molecule has 0 amide bonds. The van der Waals surface area contributed by atoms with E-state index >= 15 is 0 Å². The van der Waals surface area contributed by atoms with E-state index < -0.39 is 13.9 Å². The lowest BCUT2D eigenvalue weighted by Crippen LogP contribution is -2.37. The van der Waals surface area contributed by atoms with Gasteiger partial charge in [-0.25, -0.2) is 0 Å². The van der Waals surface area contributed by atoms with E-state index in [1.54, 1.807) is 0 Å². The van der Waals surface area contributed by atoms with Crippen molar-refractivity contribution in [1.82, 2.24) is 0 Å². The van der Waals surface area contributed by atoms with Crippen molar-refractivity contribution in [3.8, 4) is 0 Å². The van der Waals surface area contributed by atoms with Crippen LogP contribution in [0.4, 0.5) is 0 Å². The SMILES string of the molecule is CC/C=C\C/C=C\C/C=C\C/C=C\C/C=C\CCCCCC(=O)OC(COCCCCCCCCCCCCCCCCCCCCCCCCCC)COP(=O)([O-])OCC[N+](C)(C)C. The van der Waals surface area contributed by atoms with Crippen molar-refractivity contribution >= 4 is 13.8 Å². The number of carbonyl (C=O) groups is 1. The van der Waals surface area contributed by atoms with Gasteiger partial charge in [-0.3, -0.25) is 9.36 Å². The van der Waals surface area contributed by atoms with Crippen LogP contribution in [0.1, 0.15) is 232 Å². The lowest BCUT2D eigenvalue weighted by molar-refractivity contribution is -0.870. The summed E-state index contributed by atoms with van der Waals surface area (Å²) >= 11 is 0. The van der Waals surface area contributed by atoms with Crippen LogP contribution in [0.3, 0.4) is 0 Å². The minimum Gasteiger partial charge on any atom is -0.756 e. The van der Waals surface area contributed by atoms with Gasteiger partial charge in [0.25, 0.3) is 7.82 Å². The second-order valence-corrected chi connectivity index (χ2v) is 20.6. The first-order valence-electron chi connectivity index (χ1n) is 27.0. The third-order valence-electron chi connectivity index (χ3n) is 11.6. The Balaban J connectivity index is 4.13. The summed E-state index contributed by atoms with van der Waals surface area (Å²) in [6.45, 7) is 5.28. The Bertz CT molecular complexity index is 1220. The molecule has 0 aliphatic heterocycles. The Kier molecular flexibility index (Phi) is 47.3. The third kappa shape index (κ3) is 53.0. The van der Waals surface area contributed by atoms with Gasteiger partial charge in [0.15, 0.2) is 0 Å². The Hall–Kier alpha value is -1.80. The number of hydrogen-bond acceptors (Lipinski definition) is 7. The lowest BCUT2D eigenvalue weighted by atomic mass is 10.0. The molecule has 0 saturated carbocycles. The third-order valence-corrected chi connectivity index (χ3v) is 12.5. The second kappa shape index (κ2) is 48.6. The quantitative estimate of drug-likeness (QED) is 0.0197. The predicted octanol–water partition coefficient (Wildman–Crippen LogP) is 16.2. The van der Waals surface area contributed by atoms with Crippen molar-refractivity contribution in [2.45, 2.75) is 238 Å². The van der Waals surface area contributed by atoms with Crippen molar-refractivity contribution in [3.63, 3.8) is 0 Å². The number of phosphoric acid groups is 1. The highest BCUT2D eigenvalue weighted by Gasteiger charge is 2.20. The molecule has 2 unspecified atom stereocenters. The van der Waals surface area contributed by atoms with Gasteiger partial charge in [-0.2, -0.15) is 0 Å². The van der Waals surface area contributed by atoms with Gasteiger partial charge in [-0.05, 0) is 57.8 Å². The van der Waals surface area contributed by atoms with Crippen LogP contribution in [-0.4, -0.2) is 70.7 Å². The first-order chi connectivity index (χ1) is 31.6. The molecule has 0 N–H and O–H groups in total. The molecule has 0 aromatic carbocycles. The van der Waals surface area contributed by atoms with E-state index in [1.807, 2.05) is 21.1 Å². The number of phosphoric ester groups is 1. The van der Waals surface area contributed by atoms with Gasteiger partial charge in [0.2, 0.25) is 0 Å². The van der Waals surface area contributed by atoms with E-state index in [4.69, 9.17) is 18.5 Å².